The zero-order chi connectivity index (χ0) is 20.6. The number of anilines is 1. The van der Waals surface area contributed by atoms with E-state index in [1.54, 1.807) is 0 Å². The van der Waals surface area contributed by atoms with Crippen molar-refractivity contribution in [3.63, 3.8) is 0 Å². The van der Waals surface area contributed by atoms with E-state index >= 15 is 0 Å². The molecular formula is C23H33N3O3. The van der Waals surface area contributed by atoms with Crippen LogP contribution in [0.3, 0.4) is 0 Å². The van der Waals surface area contributed by atoms with Crippen LogP contribution in [-0.2, 0) is 20.8 Å². The molecule has 6 nitrogen and oxygen atoms in total. The van der Waals surface area contributed by atoms with Crippen molar-refractivity contribution in [1.82, 2.24) is 10.6 Å². The monoisotopic (exact) mass is 399 g/mol. The molecule has 0 atom stereocenters. The van der Waals surface area contributed by atoms with Gasteiger partial charge in [-0.3, -0.25) is 14.4 Å². The maximum Gasteiger partial charge on any atom is 0.223 e. The van der Waals surface area contributed by atoms with Gasteiger partial charge in [-0.15, -0.1) is 0 Å². The SMILES string of the molecule is CC(=O)Nc1ccc(CCNC(=O)C2CCC(NC(=O)C3CCCC3)CC2)cc1. The molecule has 0 heterocycles. The summed E-state index contributed by atoms with van der Waals surface area (Å²) in [6, 6.07) is 7.92. The molecule has 3 rings (SSSR count). The molecule has 0 saturated heterocycles. The smallest absolute Gasteiger partial charge is 0.223 e. The second-order valence-electron chi connectivity index (χ2n) is 8.46. The van der Waals surface area contributed by atoms with E-state index in [1.165, 1.54) is 19.8 Å². The first-order chi connectivity index (χ1) is 14.0. The maximum atomic E-state index is 12.5. The third kappa shape index (κ3) is 6.58. The van der Waals surface area contributed by atoms with Crippen LogP contribution in [-0.4, -0.2) is 30.3 Å². The van der Waals surface area contributed by atoms with Crippen LogP contribution in [0.15, 0.2) is 24.3 Å². The predicted molar refractivity (Wildman–Crippen MR) is 113 cm³/mol. The summed E-state index contributed by atoms with van der Waals surface area (Å²) in [5, 5.41) is 9.00. The largest absolute Gasteiger partial charge is 0.356 e. The van der Waals surface area contributed by atoms with Crippen molar-refractivity contribution in [1.29, 1.82) is 0 Å². The number of carbonyl (C=O) groups excluding carboxylic acids is 3. The topological polar surface area (TPSA) is 87.3 Å². The van der Waals surface area contributed by atoms with Gasteiger partial charge in [0.2, 0.25) is 17.7 Å². The highest BCUT2D eigenvalue weighted by Crippen LogP contribution is 2.27. The fraction of sp³-hybridized carbons (Fsp3) is 0.609. The zero-order valence-electron chi connectivity index (χ0n) is 17.3. The molecule has 2 fully saturated rings. The Balaban J connectivity index is 1.33. The zero-order valence-corrected chi connectivity index (χ0v) is 17.3. The van der Waals surface area contributed by atoms with Crippen molar-refractivity contribution in [2.45, 2.75) is 70.8 Å². The molecule has 0 radical (unpaired) electrons. The fourth-order valence-corrected chi connectivity index (χ4v) is 4.44. The minimum atomic E-state index is -0.0853. The quantitative estimate of drug-likeness (QED) is 0.658. The van der Waals surface area contributed by atoms with Gasteiger partial charge in [0.25, 0.3) is 0 Å². The molecule has 158 valence electrons. The molecule has 2 aliphatic carbocycles. The average molecular weight is 400 g/mol. The van der Waals surface area contributed by atoms with E-state index in [1.807, 2.05) is 24.3 Å². The third-order valence-corrected chi connectivity index (χ3v) is 6.16. The average Bonchev–Trinajstić information content (AvgIpc) is 3.24. The van der Waals surface area contributed by atoms with Crippen LogP contribution in [0.2, 0.25) is 0 Å². The molecule has 2 saturated carbocycles. The second-order valence-corrected chi connectivity index (χ2v) is 8.46. The van der Waals surface area contributed by atoms with Gasteiger partial charge in [-0.1, -0.05) is 25.0 Å². The van der Waals surface area contributed by atoms with E-state index in [0.29, 0.717) is 6.54 Å². The van der Waals surface area contributed by atoms with Crippen LogP contribution in [0, 0.1) is 11.8 Å². The number of hydrogen-bond acceptors (Lipinski definition) is 3. The van der Waals surface area contributed by atoms with E-state index in [0.717, 1.165) is 56.2 Å². The maximum absolute atomic E-state index is 12.5. The van der Waals surface area contributed by atoms with Crippen LogP contribution in [0.5, 0.6) is 0 Å². The molecule has 3 amide bonds. The Labute approximate surface area is 173 Å². The number of rotatable bonds is 7. The standard InChI is InChI=1S/C23H33N3O3/c1-16(27)25-20-10-6-17(7-11-20)14-15-24-22(28)19-8-12-21(13-9-19)26-23(29)18-4-2-3-5-18/h6-7,10-11,18-19,21H,2-5,8-9,12-15H2,1H3,(H,24,28)(H,25,27)(H,26,29). The Morgan fingerprint density at radius 3 is 2.10 bits per heavy atom. The molecule has 6 heteroatoms. The molecule has 1 aromatic carbocycles. The highest BCUT2D eigenvalue weighted by molar-refractivity contribution is 5.88. The second kappa shape index (κ2) is 10.4. The van der Waals surface area contributed by atoms with Crippen molar-refractivity contribution in [3.8, 4) is 0 Å². The van der Waals surface area contributed by atoms with Crippen molar-refractivity contribution in [2.75, 3.05) is 11.9 Å². The first kappa shape index (κ1) is 21.3. The lowest BCUT2D eigenvalue weighted by molar-refractivity contribution is -0.126. The molecule has 0 bridgehead atoms. The normalized spacial score (nSPS) is 22.1. The molecule has 0 aromatic heterocycles. The lowest BCUT2D eigenvalue weighted by Crippen LogP contribution is -2.42. The minimum Gasteiger partial charge on any atom is -0.356 e. The Bertz CT molecular complexity index is 703. The molecule has 2 aliphatic rings. The van der Waals surface area contributed by atoms with Crippen LogP contribution in [0.4, 0.5) is 5.69 Å². The first-order valence-electron chi connectivity index (χ1n) is 11.0. The molecular weight excluding hydrogens is 366 g/mol. The van der Waals surface area contributed by atoms with Crippen LogP contribution in [0.25, 0.3) is 0 Å². The summed E-state index contributed by atoms with van der Waals surface area (Å²) in [6.07, 6.45) is 8.62. The third-order valence-electron chi connectivity index (χ3n) is 6.16. The summed E-state index contributed by atoms with van der Waals surface area (Å²) in [7, 11) is 0. The first-order valence-corrected chi connectivity index (χ1v) is 11.0. The van der Waals surface area contributed by atoms with E-state index in [4.69, 9.17) is 0 Å². The summed E-state index contributed by atoms with van der Waals surface area (Å²) in [5.74, 6) is 0.526. The van der Waals surface area contributed by atoms with Gasteiger partial charge in [0.15, 0.2) is 0 Å². The van der Waals surface area contributed by atoms with E-state index in [-0.39, 0.29) is 35.6 Å². The Hall–Kier alpha value is -2.37. The van der Waals surface area contributed by atoms with Crippen molar-refractivity contribution >= 4 is 23.4 Å². The molecule has 0 spiro atoms. The number of hydrogen-bond donors (Lipinski definition) is 3. The Morgan fingerprint density at radius 1 is 0.862 bits per heavy atom. The summed E-state index contributed by atoms with van der Waals surface area (Å²) in [4.78, 5) is 35.8. The number of nitrogens with one attached hydrogen (secondary N) is 3. The van der Waals surface area contributed by atoms with Gasteiger partial charge >= 0.3 is 0 Å². The minimum absolute atomic E-state index is 0.0526. The highest BCUT2D eigenvalue weighted by atomic mass is 16.2. The van der Waals surface area contributed by atoms with Gasteiger partial charge in [-0.25, -0.2) is 0 Å². The van der Waals surface area contributed by atoms with Crippen molar-refractivity contribution in [2.24, 2.45) is 11.8 Å². The Kier molecular flexibility index (Phi) is 7.67. The van der Waals surface area contributed by atoms with Gasteiger partial charge in [-0.05, 0) is 62.6 Å². The van der Waals surface area contributed by atoms with Crippen LogP contribution in [0.1, 0.15) is 63.9 Å². The fourth-order valence-electron chi connectivity index (χ4n) is 4.44. The number of benzene rings is 1. The van der Waals surface area contributed by atoms with Crippen LogP contribution >= 0.6 is 0 Å². The van der Waals surface area contributed by atoms with Gasteiger partial charge in [0, 0.05) is 37.0 Å². The molecule has 0 aliphatic heterocycles. The van der Waals surface area contributed by atoms with Crippen molar-refractivity contribution in [3.05, 3.63) is 29.8 Å². The van der Waals surface area contributed by atoms with E-state index in [2.05, 4.69) is 16.0 Å². The number of amides is 3. The van der Waals surface area contributed by atoms with Crippen molar-refractivity contribution < 1.29 is 14.4 Å². The number of carbonyl (C=O) groups is 3. The van der Waals surface area contributed by atoms with Crippen LogP contribution < -0.4 is 16.0 Å². The lowest BCUT2D eigenvalue weighted by Gasteiger charge is -2.29. The summed E-state index contributed by atoms with van der Waals surface area (Å²) < 4.78 is 0. The molecule has 29 heavy (non-hydrogen) atoms. The summed E-state index contributed by atoms with van der Waals surface area (Å²) in [6.45, 7) is 2.09. The van der Waals surface area contributed by atoms with Gasteiger partial charge in [-0.2, -0.15) is 0 Å². The predicted octanol–water partition coefficient (Wildman–Crippen LogP) is 3.17. The molecule has 3 N–H and O–H groups in total. The summed E-state index contributed by atoms with van der Waals surface area (Å²) in [5.41, 5.74) is 1.90. The van der Waals surface area contributed by atoms with Gasteiger partial charge in [0.1, 0.15) is 0 Å². The molecule has 0 unspecified atom stereocenters. The highest BCUT2D eigenvalue weighted by Gasteiger charge is 2.29. The van der Waals surface area contributed by atoms with E-state index < -0.39 is 0 Å². The summed E-state index contributed by atoms with van der Waals surface area (Å²) >= 11 is 0. The van der Waals surface area contributed by atoms with Gasteiger partial charge in [0.05, 0.1) is 0 Å². The Morgan fingerprint density at radius 2 is 1.48 bits per heavy atom. The molecule has 1 aromatic rings. The van der Waals surface area contributed by atoms with E-state index in [9.17, 15) is 14.4 Å². The van der Waals surface area contributed by atoms with Gasteiger partial charge < -0.3 is 16.0 Å². The lowest BCUT2D eigenvalue weighted by atomic mass is 9.85.